The first kappa shape index (κ1) is 57.7. The number of carbonyl (C=O) groups excluding carboxylic acids is 6. The Morgan fingerprint density at radius 1 is 0.420 bits per heavy atom. The molecule has 2 aromatic heterocycles. The third-order valence-electron chi connectivity index (χ3n) is 14.6. The molecule has 17 nitrogen and oxygen atoms in total. The van der Waals surface area contributed by atoms with Crippen molar-refractivity contribution in [1.29, 1.82) is 0 Å². The summed E-state index contributed by atoms with van der Waals surface area (Å²) >= 11 is 0. The van der Waals surface area contributed by atoms with E-state index in [0.29, 0.717) is 38.8 Å². The molecule has 0 aliphatic rings. The highest BCUT2D eigenvalue weighted by molar-refractivity contribution is 5.93. The number of phenolic OH excluding ortho intramolecular Hbond substituents is 2. The Bertz CT molecular complexity index is 3480. The molecule has 0 unspecified atom stereocenters. The van der Waals surface area contributed by atoms with E-state index in [2.05, 4.69) is 10.3 Å². The molecule has 4 atom stereocenters. The van der Waals surface area contributed by atoms with Crippen molar-refractivity contribution in [1.82, 2.24) is 39.8 Å². The number of pyridine rings is 2. The highest BCUT2D eigenvalue weighted by atomic mass is 16.3. The van der Waals surface area contributed by atoms with E-state index in [1.165, 1.54) is 36.6 Å². The van der Waals surface area contributed by atoms with E-state index in [1.807, 2.05) is 134 Å². The van der Waals surface area contributed by atoms with Crippen LogP contribution in [-0.4, -0.2) is 119 Å². The van der Waals surface area contributed by atoms with Gasteiger partial charge in [0.15, 0.2) is 0 Å². The van der Waals surface area contributed by atoms with E-state index < -0.39 is 86.3 Å². The van der Waals surface area contributed by atoms with Gasteiger partial charge in [-0.2, -0.15) is 0 Å². The number of nitrogens with two attached hydrogens (primary N) is 1. The average Bonchev–Trinajstić information content (AvgIpc) is 3.51. The minimum absolute atomic E-state index is 0.0427. The highest BCUT2D eigenvalue weighted by Gasteiger charge is 2.34. The quantitative estimate of drug-likeness (QED) is 0.0452. The fraction of sp³-hybridized carbons (Fsp3) is 0.250. The molecule has 0 aliphatic carbocycles. The van der Waals surface area contributed by atoms with Gasteiger partial charge in [0.25, 0.3) is 0 Å². The first-order valence-corrected chi connectivity index (χ1v) is 26.8. The van der Waals surface area contributed by atoms with Crippen LogP contribution in [0.2, 0.25) is 0 Å². The minimum atomic E-state index is -0.768. The molecule has 0 saturated heterocycles. The molecule has 6 amide bonds. The number of fused-ring (bicyclic) bond motifs is 2. The monoisotopic (exact) mass is 1090 g/mol. The number of phenols is 2. The summed E-state index contributed by atoms with van der Waals surface area (Å²) in [5.41, 5.74) is 10.1. The lowest BCUT2D eigenvalue weighted by molar-refractivity contribution is -0.150. The first-order chi connectivity index (χ1) is 39.0. The number of primary amides is 1. The third kappa shape index (κ3) is 14.8. The van der Waals surface area contributed by atoms with Crippen LogP contribution in [0.25, 0.3) is 21.8 Å². The minimum Gasteiger partial charge on any atom is -0.506 e. The van der Waals surface area contributed by atoms with Gasteiger partial charge in [0.1, 0.15) is 48.7 Å². The van der Waals surface area contributed by atoms with Crippen LogP contribution in [0.5, 0.6) is 11.5 Å². The zero-order valence-electron chi connectivity index (χ0n) is 45.8. The SMILES string of the molecule is C[C@H](NCC(=O)N(CC(=O)N(CC(=O)N(CC(=O)N(CC(=O)N(CC(N)=O)[C@@H](C)c1ccccc1)Cc1ccc2cccc(O)c2n1)[C@@H](C)c1ccccc1)[C@@H](C)c1ccccc1)Cc1ccc2cccc(O)c2n1)c1ccccc1. The lowest BCUT2D eigenvalue weighted by atomic mass is 10.1. The van der Waals surface area contributed by atoms with Crippen LogP contribution >= 0.6 is 0 Å². The summed E-state index contributed by atoms with van der Waals surface area (Å²) in [6.07, 6.45) is 0. The Morgan fingerprint density at radius 2 is 0.778 bits per heavy atom. The number of aromatic hydroxyl groups is 2. The number of amides is 6. The van der Waals surface area contributed by atoms with Crippen molar-refractivity contribution in [2.24, 2.45) is 5.73 Å². The third-order valence-corrected chi connectivity index (χ3v) is 14.6. The maximum atomic E-state index is 15.5. The molecule has 8 rings (SSSR count). The summed E-state index contributed by atoms with van der Waals surface area (Å²) in [5.74, 6) is -3.78. The largest absolute Gasteiger partial charge is 0.506 e. The van der Waals surface area contributed by atoms with Crippen LogP contribution in [0.15, 0.2) is 182 Å². The van der Waals surface area contributed by atoms with Gasteiger partial charge in [0.05, 0.1) is 55.7 Å². The molecule has 0 bridgehead atoms. The normalized spacial score (nSPS) is 12.6. The molecule has 2 heterocycles. The molecule has 416 valence electrons. The van der Waals surface area contributed by atoms with Crippen molar-refractivity contribution in [3.63, 3.8) is 0 Å². The van der Waals surface area contributed by atoms with Gasteiger partial charge in [-0.1, -0.05) is 158 Å². The van der Waals surface area contributed by atoms with Gasteiger partial charge in [-0.3, -0.25) is 28.8 Å². The van der Waals surface area contributed by atoms with Crippen LogP contribution < -0.4 is 11.1 Å². The van der Waals surface area contributed by atoms with E-state index in [4.69, 9.17) is 10.7 Å². The summed E-state index contributed by atoms with van der Waals surface area (Å²) < 4.78 is 0. The van der Waals surface area contributed by atoms with E-state index in [0.717, 1.165) is 11.1 Å². The van der Waals surface area contributed by atoms with Crippen molar-refractivity contribution in [3.05, 3.63) is 216 Å². The van der Waals surface area contributed by atoms with E-state index in [1.54, 1.807) is 63.2 Å². The Morgan fingerprint density at radius 3 is 1.19 bits per heavy atom. The standard InChI is InChI=1S/C64H67N9O8/c1-43(47-19-9-5-10-20-47)66-35-58(77)69(36-53-33-31-51-27-17-29-55(74)63(51)67-53)39-61(80)73(46(4)50-25-15-8-16-26-50)42-62(81)72(45(3)49-23-13-7-14-24-49)41-59(78)70(37-54-34-32-52-28-18-30-56(75)64(52)68-54)40-60(79)71(38-57(65)76)44(2)48-21-11-6-12-22-48/h5-34,43-46,66,74-75H,35-42H2,1-4H3,(H2,65,76)/t43-,44-,45-,46-/m0/s1. The lowest BCUT2D eigenvalue weighted by Crippen LogP contribution is -2.52. The van der Waals surface area contributed by atoms with E-state index in [9.17, 15) is 24.6 Å². The second kappa shape index (κ2) is 26.9. The Labute approximate surface area is 471 Å². The number of para-hydroxylation sites is 2. The lowest BCUT2D eigenvalue weighted by Gasteiger charge is -2.36. The highest BCUT2D eigenvalue weighted by Crippen LogP contribution is 2.28. The van der Waals surface area contributed by atoms with E-state index in [-0.39, 0.29) is 42.7 Å². The second-order valence-corrected chi connectivity index (χ2v) is 20.1. The van der Waals surface area contributed by atoms with Gasteiger partial charge in [-0.15, -0.1) is 0 Å². The number of aromatic nitrogens is 2. The molecule has 6 aromatic carbocycles. The summed E-state index contributed by atoms with van der Waals surface area (Å²) in [7, 11) is 0. The van der Waals surface area contributed by atoms with Gasteiger partial charge in [-0.25, -0.2) is 9.97 Å². The molecular formula is C64H67N9O8. The van der Waals surface area contributed by atoms with Crippen molar-refractivity contribution >= 4 is 57.2 Å². The van der Waals surface area contributed by atoms with Gasteiger partial charge in [-0.05, 0) is 74.2 Å². The number of benzene rings is 6. The van der Waals surface area contributed by atoms with Crippen LogP contribution in [0, 0.1) is 0 Å². The number of nitrogens with zero attached hydrogens (tertiary/aromatic N) is 7. The smallest absolute Gasteiger partial charge is 0.243 e. The molecule has 17 heteroatoms. The number of nitrogens with one attached hydrogen (secondary N) is 1. The average molecular weight is 1090 g/mol. The molecule has 0 spiro atoms. The topological polar surface area (TPSA) is 223 Å². The van der Waals surface area contributed by atoms with Crippen LogP contribution in [0.1, 0.15) is 85.5 Å². The number of hydrogen-bond acceptors (Lipinski definition) is 11. The zero-order valence-corrected chi connectivity index (χ0v) is 45.8. The summed E-state index contributed by atoms with van der Waals surface area (Å²) in [4.78, 5) is 104. The number of carbonyl (C=O) groups is 6. The second-order valence-electron chi connectivity index (χ2n) is 20.1. The van der Waals surface area contributed by atoms with Gasteiger partial charge in [0.2, 0.25) is 35.4 Å². The Kier molecular flexibility index (Phi) is 19.2. The van der Waals surface area contributed by atoms with Gasteiger partial charge >= 0.3 is 0 Å². The summed E-state index contributed by atoms with van der Waals surface area (Å²) in [6, 6.07) is 51.5. The molecule has 0 saturated carbocycles. The molecular weight excluding hydrogens is 1020 g/mol. The Balaban J connectivity index is 1.13. The predicted molar refractivity (Wildman–Crippen MR) is 309 cm³/mol. The van der Waals surface area contributed by atoms with Gasteiger partial charge in [0, 0.05) is 16.8 Å². The van der Waals surface area contributed by atoms with Crippen LogP contribution in [0.4, 0.5) is 0 Å². The van der Waals surface area contributed by atoms with Crippen molar-refractivity contribution < 1.29 is 39.0 Å². The summed E-state index contributed by atoms with van der Waals surface area (Å²) in [6.45, 7) is 4.11. The maximum Gasteiger partial charge on any atom is 0.243 e. The van der Waals surface area contributed by atoms with Crippen LogP contribution in [0.3, 0.4) is 0 Å². The molecule has 0 radical (unpaired) electrons. The van der Waals surface area contributed by atoms with Crippen molar-refractivity contribution in [3.8, 4) is 11.5 Å². The van der Waals surface area contributed by atoms with Gasteiger partial charge < -0.3 is 45.8 Å². The van der Waals surface area contributed by atoms with Crippen molar-refractivity contribution in [2.75, 3.05) is 39.3 Å². The zero-order chi connectivity index (χ0) is 57.6. The number of hydrogen-bond donors (Lipinski definition) is 4. The molecule has 81 heavy (non-hydrogen) atoms. The maximum absolute atomic E-state index is 15.5. The molecule has 0 fully saturated rings. The van der Waals surface area contributed by atoms with Crippen LogP contribution in [-0.2, 0) is 41.9 Å². The summed E-state index contributed by atoms with van der Waals surface area (Å²) in [5, 5.41) is 26.2. The fourth-order valence-corrected chi connectivity index (χ4v) is 9.80. The molecule has 8 aromatic rings. The van der Waals surface area contributed by atoms with E-state index >= 15 is 14.4 Å². The first-order valence-electron chi connectivity index (χ1n) is 26.8. The number of rotatable bonds is 24. The predicted octanol–water partition coefficient (Wildman–Crippen LogP) is 8.16. The fourth-order valence-electron chi connectivity index (χ4n) is 9.80. The molecule has 5 N–H and O–H groups in total. The molecule has 0 aliphatic heterocycles. The Hall–Kier alpha value is -9.48. The van der Waals surface area contributed by atoms with Crippen molar-refractivity contribution in [2.45, 2.75) is 65.0 Å².